The van der Waals surface area contributed by atoms with E-state index >= 15 is 0 Å². The summed E-state index contributed by atoms with van der Waals surface area (Å²) in [6, 6.07) is 7.67. The van der Waals surface area contributed by atoms with Gasteiger partial charge in [-0.15, -0.1) is 0 Å². The van der Waals surface area contributed by atoms with Gasteiger partial charge in [0.05, 0.1) is 0 Å². The van der Waals surface area contributed by atoms with Crippen LogP contribution >= 0.6 is 0 Å². The second-order valence-corrected chi connectivity index (χ2v) is 2.90. The Balaban J connectivity index is 2.95. The second-order valence-electron chi connectivity index (χ2n) is 2.90. The van der Waals surface area contributed by atoms with E-state index in [1.165, 1.54) is 0 Å². The molecular formula is C10H14N2O. The van der Waals surface area contributed by atoms with Crippen molar-refractivity contribution in [2.24, 2.45) is 0 Å². The second kappa shape index (κ2) is 3.94. The molecule has 70 valence electrons. The minimum atomic E-state index is -0.103. The molecule has 1 N–H and O–H groups in total. The maximum Gasteiger partial charge on any atom is 0.321 e. The first-order chi connectivity index (χ1) is 6.16. The van der Waals surface area contributed by atoms with E-state index in [1.54, 1.807) is 19.0 Å². The van der Waals surface area contributed by atoms with Gasteiger partial charge in [0.1, 0.15) is 0 Å². The first kappa shape index (κ1) is 9.58. The van der Waals surface area contributed by atoms with Gasteiger partial charge in [-0.1, -0.05) is 18.2 Å². The minimum absolute atomic E-state index is 0.103. The largest absolute Gasteiger partial charge is 0.341 e. The van der Waals surface area contributed by atoms with Crippen molar-refractivity contribution in [1.29, 1.82) is 0 Å². The van der Waals surface area contributed by atoms with Gasteiger partial charge in [0.15, 0.2) is 0 Å². The number of nitrogens with one attached hydrogen (secondary N) is 1. The number of aryl methyl sites for hydroxylation is 1. The highest BCUT2D eigenvalue weighted by molar-refractivity contribution is 5.91. The summed E-state index contributed by atoms with van der Waals surface area (Å²) in [5.41, 5.74) is 2.02. The fourth-order valence-corrected chi connectivity index (χ4v) is 1.22. The molecule has 0 aliphatic rings. The first-order valence-electron chi connectivity index (χ1n) is 4.18. The molecular weight excluding hydrogens is 164 g/mol. The number of hydrogen-bond acceptors (Lipinski definition) is 1. The number of carbonyl (C=O) groups excluding carboxylic acids is 1. The van der Waals surface area contributed by atoms with Crippen molar-refractivity contribution >= 4 is 11.7 Å². The van der Waals surface area contributed by atoms with Crippen LogP contribution in [0.5, 0.6) is 0 Å². The maximum absolute atomic E-state index is 11.3. The predicted molar refractivity (Wildman–Crippen MR) is 54.0 cm³/mol. The molecule has 13 heavy (non-hydrogen) atoms. The third kappa shape index (κ3) is 1.99. The summed E-state index contributed by atoms with van der Waals surface area (Å²) in [4.78, 5) is 12.9. The average Bonchev–Trinajstić information content (AvgIpc) is 2.16. The molecule has 0 bridgehead atoms. The number of para-hydroxylation sites is 1. The first-order valence-corrected chi connectivity index (χ1v) is 4.18. The predicted octanol–water partition coefficient (Wildman–Crippen LogP) is 1.77. The Kier molecular flexibility index (Phi) is 2.90. The number of carbonyl (C=O) groups is 1. The summed E-state index contributed by atoms with van der Waals surface area (Å²) in [5.74, 6) is 0. The molecule has 3 nitrogen and oxygen atoms in total. The Hall–Kier alpha value is -1.51. The lowest BCUT2D eigenvalue weighted by atomic mass is 10.2. The Morgan fingerprint density at radius 1 is 1.38 bits per heavy atom. The van der Waals surface area contributed by atoms with Crippen LogP contribution in [0.2, 0.25) is 0 Å². The molecule has 0 fully saturated rings. The fraction of sp³-hybridized carbons (Fsp3) is 0.300. The summed E-state index contributed by atoms with van der Waals surface area (Å²) in [5, 5.41) is 2.58. The quantitative estimate of drug-likeness (QED) is 0.698. The normalized spacial score (nSPS) is 9.46. The topological polar surface area (TPSA) is 32.3 Å². The lowest BCUT2D eigenvalue weighted by Crippen LogP contribution is -2.35. The Bertz CT molecular complexity index is 310. The summed E-state index contributed by atoms with van der Waals surface area (Å²) < 4.78 is 0. The van der Waals surface area contributed by atoms with Crippen molar-refractivity contribution in [3.8, 4) is 0 Å². The van der Waals surface area contributed by atoms with Gasteiger partial charge in [0, 0.05) is 19.8 Å². The zero-order valence-electron chi connectivity index (χ0n) is 8.16. The Morgan fingerprint density at radius 3 is 2.54 bits per heavy atom. The molecule has 2 amide bonds. The van der Waals surface area contributed by atoms with E-state index in [0.29, 0.717) is 0 Å². The molecule has 1 aromatic rings. The van der Waals surface area contributed by atoms with Crippen LogP contribution < -0.4 is 10.2 Å². The summed E-state index contributed by atoms with van der Waals surface area (Å²) >= 11 is 0. The molecule has 1 aromatic carbocycles. The maximum atomic E-state index is 11.3. The van der Waals surface area contributed by atoms with Crippen molar-refractivity contribution < 1.29 is 4.79 Å². The molecule has 0 saturated heterocycles. The SMILES string of the molecule is CNC(=O)N(C)c1ccccc1C. The van der Waals surface area contributed by atoms with Crippen LogP contribution in [0.3, 0.4) is 0 Å². The highest BCUT2D eigenvalue weighted by atomic mass is 16.2. The van der Waals surface area contributed by atoms with Gasteiger partial charge < -0.3 is 5.32 Å². The standard InChI is InChI=1S/C10H14N2O/c1-8-6-4-5-7-9(8)12(3)10(13)11-2/h4-7H,1-3H3,(H,11,13). The van der Waals surface area contributed by atoms with Crippen molar-refractivity contribution in [2.75, 3.05) is 19.0 Å². The molecule has 3 heteroatoms. The van der Waals surface area contributed by atoms with Gasteiger partial charge in [-0.3, -0.25) is 4.90 Å². The van der Waals surface area contributed by atoms with Gasteiger partial charge in [-0.25, -0.2) is 4.79 Å². The van der Waals surface area contributed by atoms with Crippen LogP contribution in [-0.4, -0.2) is 20.1 Å². The van der Waals surface area contributed by atoms with Gasteiger partial charge in [0.2, 0.25) is 0 Å². The van der Waals surface area contributed by atoms with Crippen molar-refractivity contribution in [1.82, 2.24) is 5.32 Å². The number of rotatable bonds is 1. The van der Waals surface area contributed by atoms with Gasteiger partial charge >= 0.3 is 6.03 Å². The number of hydrogen-bond donors (Lipinski definition) is 1. The summed E-state index contributed by atoms with van der Waals surface area (Å²) in [6.45, 7) is 1.98. The zero-order chi connectivity index (χ0) is 9.84. The molecule has 0 heterocycles. The smallest absolute Gasteiger partial charge is 0.321 e. The molecule has 0 aromatic heterocycles. The van der Waals surface area contributed by atoms with Crippen LogP contribution in [0.4, 0.5) is 10.5 Å². The van der Waals surface area contributed by atoms with Gasteiger partial charge in [0.25, 0.3) is 0 Å². The number of nitrogens with zero attached hydrogens (tertiary/aromatic N) is 1. The van der Waals surface area contributed by atoms with Crippen LogP contribution in [0.15, 0.2) is 24.3 Å². The molecule has 0 aliphatic heterocycles. The van der Waals surface area contributed by atoms with E-state index in [4.69, 9.17) is 0 Å². The number of urea groups is 1. The fourth-order valence-electron chi connectivity index (χ4n) is 1.22. The van der Waals surface area contributed by atoms with Gasteiger partial charge in [-0.05, 0) is 18.6 Å². The van der Waals surface area contributed by atoms with E-state index in [1.807, 2.05) is 31.2 Å². The van der Waals surface area contributed by atoms with E-state index in [9.17, 15) is 4.79 Å². The molecule has 0 unspecified atom stereocenters. The highest BCUT2D eigenvalue weighted by Crippen LogP contribution is 2.17. The van der Waals surface area contributed by atoms with Crippen molar-refractivity contribution in [2.45, 2.75) is 6.92 Å². The third-order valence-corrected chi connectivity index (χ3v) is 2.00. The highest BCUT2D eigenvalue weighted by Gasteiger charge is 2.09. The lowest BCUT2D eigenvalue weighted by molar-refractivity contribution is 0.249. The molecule has 0 radical (unpaired) electrons. The Morgan fingerprint density at radius 2 is 2.00 bits per heavy atom. The average molecular weight is 178 g/mol. The monoisotopic (exact) mass is 178 g/mol. The van der Waals surface area contributed by atoms with E-state index < -0.39 is 0 Å². The third-order valence-electron chi connectivity index (χ3n) is 2.00. The molecule has 0 saturated carbocycles. The molecule has 0 aliphatic carbocycles. The van der Waals surface area contributed by atoms with Crippen LogP contribution in [-0.2, 0) is 0 Å². The minimum Gasteiger partial charge on any atom is -0.341 e. The zero-order valence-corrected chi connectivity index (χ0v) is 8.16. The van der Waals surface area contributed by atoms with E-state index in [0.717, 1.165) is 11.3 Å². The number of benzene rings is 1. The molecule has 0 spiro atoms. The summed E-state index contributed by atoms with van der Waals surface area (Å²) in [6.07, 6.45) is 0. The number of anilines is 1. The van der Waals surface area contributed by atoms with E-state index in [2.05, 4.69) is 5.32 Å². The van der Waals surface area contributed by atoms with Crippen LogP contribution in [0.1, 0.15) is 5.56 Å². The lowest BCUT2D eigenvalue weighted by Gasteiger charge is -2.18. The van der Waals surface area contributed by atoms with E-state index in [-0.39, 0.29) is 6.03 Å². The van der Waals surface area contributed by atoms with Crippen molar-refractivity contribution in [3.05, 3.63) is 29.8 Å². The van der Waals surface area contributed by atoms with Crippen LogP contribution in [0, 0.1) is 6.92 Å². The summed E-state index contributed by atoms with van der Waals surface area (Å²) in [7, 11) is 3.37. The van der Waals surface area contributed by atoms with Crippen molar-refractivity contribution in [3.63, 3.8) is 0 Å². The Labute approximate surface area is 78.4 Å². The van der Waals surface area contributed by atoms with Gasteiger partial charge in [-0.2, -0.15) is 0 Å². The molecule has 1 rings (SSSR count). The molecule has 0 atom stereocenters. The van der Waals surface area contributed by atoms with Crippen LogP contribution in [0.25, 0.3) is 0 Å². The number of amides is 2.